The van der Waals surface area contributed by atoms with Crippen molar-refractivity contribution in [3.63, 3.8) is 0 Å². The van der Waals surface area contributed by atoms with Crippen molar-refractivity contribution in [1.29, 1.82) is 0 Å². The molecule has 2 aromatic rings. The van der Waals surface area contributed by atoms with E-state index in [1.807, 2.05) is 42.5 Å². The average Bonchev–Trinajstić information content (AvgIpc) is 2.64. The van der Waals surface area contributed by atoms with E-state index in [-0.39, 0.29) is 12.6 Å². The first-order valence-corrected chi connectivity index (χ1v) is 8.08. The number of carbonyl (C=O) groups excluding carboxylic acids is 1. The Morgan fingerprint density at radius 2 is 1.71 bits per heavy atom. The van der Waals surface area contributed by atoms with Gasteiger partial charge in [-0.3, -0.25) is 4.79 Å². The van der Waals surface area contributed by atoms with Gasteiger partial charge in [-0.25, -0.2) is 0 Å². The number of benzene rings is 2. The van der Waals surface area contributed by atoms with E-state index in [1.165, 1.54) is 0 Å². The van der Waals surface area contributed by atoms with Crippen LogP contribution in [0.3, 0.4) is 0 Å². The molecule has 0 saturated carbocycles. The number of hydrogen-bond acceptors (Lipinski definition) is 4. The Bertz CT molecular complexity index is 665. The molecule has 2 rings (SSSR count). The van der Waals surface area contributed by atoms with Gasteiger partial charge in [0, 0.05) is 25.3 Å². The maximum absolute atomic E-state index is 12.9. The molecular formula is C20H24O4. The van der Waals surface area contributed by atoms with Crippen LogP contribution in [-0.2, 0) is 22.3 Å². The average molecular weight is 328 g/mol. The number of methoxy groups -OCH3 is 2. The maximum atomic E-state index is 12.9. The van der Waals surface area contributed by atoms with Gasteiger partial charge in [0.15, 0.2) is 12.6 Å². The van der Waals surface area contributed by atoms with Gasteiger partial charge in [0.2, 0.25) is 0 Å². The summed E-state index contributed by atoms with van der Waals surface area (Å²) in [6.45, 7) is 2.79. The molecule has 24 heavy (non-hydrogen) atoms. The second-order valence-electron chi connectivity index (χ2n) is 5.41. The van der Waals surface area contributed by atoms with Gasteiger partial charge in [0.05, 0.1) is 6.61 Å². The Labute approximate surface area is 143 Å². The Hall–Kier alpha value is -2.17. The highest BCUT2D eigenvalue weighted by atomic mass is 16.7. The van der Waals surface area contributed by atoms with E-state index >= 15 is 0 Å². The molecule has 4 nitrogen and oxygen atoms in total. The molecule has 0 fully saturated rings. The molecule has 0 aliphatic rings. The Morgan fingerprint density at radius 3 is 2.33 bits per heavy atom. The van der Waals surface area contributed by atoms with E-state index in [1.54, 1.807) is 14.2 Å². The number of carbonyl (C=O) groups is 1. The van der Waals surface area contributed by atoms with Crippen LogP contribution in [0.1, 0.15) is 34.0 Å². The Morgan fingerprint density at radius 1 is 0.958 bits per heavy atom. The molecule has 4 heteroatoms. The monoisotopic (exact) mass is 328 g/mol. The molecular weight excluding hydrogens is 304 g/mol. The molecule has 0 amide bonds. The van der Waals surface area contributed by atoms with Crippen molar-refractivity contribution in [1.82, 2.24) is 0 Å². The van der Waals surface area contributed by atoms with E-state index in [2.05, 4.69) is 6.92 Å². The lowest BCUT2D eigenvalue weighted by Crippen LogP contribution is -2.12. The second-order valence-corrected chi connectivity index (χ2v) is 5.41. The molecule has 128 valence electrons. The van der Waals surface area contributed by atoms with Crippen LogP contribution in [0.2, 0.25) is 0 Å². The van der Waals surface area contributed by atoms with Crippen LogP contribution < -0.4 is 4.74 Å². The summed E-state index contributed by atoms with van der Waals surface area (Å²) >= 11 is 0. The fraction of sp³-hybridized carbons (Fsp3) is 0.350. The van der Waals surface area contributed by atoms with Crippen molar-refractivity contribution in [3.05, 3.63) is 64.7 Å². The number of rotatable bonds is 9. The van der Waals surface area contributed by atoms with Crippen LogP contribution >= 0.6 is 0 Å². The summed E-state index contributed by atoms with van der Waals surface area (Å²) in [5, 5.41) is 0. The quantitative estimate of drug-likeness (QED) is 0.521. The smallest absolute Gasteiger partial charge is 0.193 e. The largest absolute Gasteiger partial charge is 0.467 e. The van der Waals surface area contributed by atoms with E-state index < -0.39 is 0 Å². The van der Waals surface area contributed by atoms with Gasteiger partial charge in [-0.15, -0.1) is 0 Å². The lowest BCUT2D eigenvalue weighted by molar-refractivity contribution is 0.0504. The van der Waals surface area contributed by atoms with Gasteiger partial charge in [-0.2, -0.15) is 0 Å². The summed E-state index contributed by atoms with van der Waals surface area (Å²) in [5.41, 5.74) is 3.41. The summed E-state index contributed by atoms with van der Waals surface area (Å²) in [5.74, 6) is 0.782. The topological polar surface area (TPSA) is 44.8 Å². The van der Waals surface area contributed by atoms with Crippen molar-refractivity contribution in [2.75, 3.05) is 27.6 Å². The zero-order chi connectivity index (χ0) is 17.4. The number of hydrogen-bond donors (Lipinski definition) is 0. The van der Waals surface area contributed by atoms with E-state index in [9.17, 15) is 4.79 Å². The van der Waals surface area contributed by atoms with E-state index in [0.717, 1.165) is 23.3 Å². The van der Waals surface area contributed by atoms with Crippen molar-refractivity contribution in [2.45, 2.75) is 19.8 Å². The minimum Gasteiger partial charge on any atom is -0.467 e. The highest BCUT2D eigenvalue weighted by Crippen LogP contribution is 2.29. The second kappa shape index (κ2) is 9.21. The highest BCUT2D eigenvalue weighted by Gasteiger charge is 2.19. The molecule has 0 heterocycles. The van der Waals surface area contributed by atoms with Crippen LogP contribution in [0.15, 0.2) is 42.5 Å². The molecule has 2 aromatic carbocycles. The van der Waals surface area contributed by atoms with Gasteiger partial charge in [0.25, 0.3) is 0 Å². The molecule has 0 atom stereocenters. The lowest BCUT2D eigenvalue weighted by Gasteiger charge is -2.18. The molecule has 0 bridgehead atoms. The molecule has 0 unspecified atom stereocenters. The predicted octanol–water partition coefficient (Wildman–Crippen LogP) is 3.65. The fourth-order valence-electron chi connectivity index (χ4n) is 2.76. The molecule has 0 aliphatic carbocycles. The fourth-order valence-corrected chi connectivity index (χ4v) is 2.76. The van der Waals surface area contributed by atoms with E-state index in [0.29, 0.717) is 24.2 Å². The molecule has 0 saturated heterocycles. The first-order valence-electron chi connectivity index (χ1n) is 8.08. The lowest BCUT2D eigenvalue weighted by atomic mass is 9.91. The zero-order valence-corrected chi connectivity index (χ0v) is 14.5. The van der Waals surface area contributed by atoms with Crippen LogP contribution in [0.4, 0.5) is 0 Å². The van der Waals surface area contributed by atoms with Crippen molar-refractivity contribution in [2.24, 2.45) is 0 Å². The molecule has 0 spiro atoms. The molecule has 0 aromatic heterocycles. The minimum absolute atomic E-state index is 0.0229. The molecule has 0 aliphatic heterocycles. The predicted molar refractivity (Wildman–Crippen MR) is 93.8 cm³/mol. The minimum atomic E-state index is 0.0229. The third-order valence-electron chi connectivity index (χ3n) is 3.91. The third-order valence-corrected chi connectivity index (χ3v) is 3.91. The Kier molecular flexibility index (Phi) is 6.97. The van der Waals surface area contributed by atoms with Gasteiger partial charge in [-0.05, 0) is 36.1 Å². The standard InChI is InChI=1S/C20H24O4/c1-4-16-17(12-13-22-2)18(10-11-19(16)24-14-23-3)20(21)15-8-6-5-7-9-15/h5-11H,4,12-14H2,1-3H3. The van der Waals surface area contributed by atoms with Crippen molar-refractivity contribution < 1.29 is 19.0 Å². The van der Waals surface area contributed by atoms with Gasteiger partial charge in [0.1, 0.15) is 5.75 Å². The molecule has 0 radical (unpaired) electrons. The summed E-state index contributed by atoms with van der Waals surface area (Å²) < 4.78 is 15.9. The van der Waals surface area contributed by atoms with Crippen LogP contribution in [0.25, 0.3) is 0 Å². The number of ketones is 1. The number of ether oxygens (including phenoxy) is 3. The normalized spacial score (nSPS) is 10.6. The van der Waals surface area contributed by atoms with Gasteiger partial charge in [-0.1, -0.05) is 37.3 Å². The SMILES string of the molecule is CCc1c(OCOC)ccc(C(=O)c2ccccc2)c1CCOC. The van der Waals surface area contributed by atoms with Crippen LogP contribution in [0, 0.1) is 0 Å². The highest BCUT2D eigenvalue weighted by molar-refractivity contribution is 6.10. The summed E-state index contributed by atoms with van der Waals surface area (Å²) in [4.78, 5) is 12.9. The maximum Gasteiger partial charge on any atom is 0.193 e. The summed E-state index contributed by atoms with van der Waals surface area (Å²) in [6.07, 6.45) is 1.44. The first-order chi connectivity index (χ1) is 11.7. The van der Waals surface area contributed by atoms with Gasteiger partial charge < -0.3 is 14.2 Å². The van der Waals surface area contributed by atoms with Crippen LogP contribution in [0.5, 0.6) is 5.75 Å². The van der Waals surface area contributed by atoms with Crippen molar-refractivity contribution in [3.8, 4) is 5.75 Å². The van der Waals surface area contributed by atoms with Crippen LogP contribution in [-0.4, -0.2) is 33.4 Å². The third kappa shape index (κ3) is 4.22. The molecule has 0 N–H and O–H groups in total. The zero-order valence-electron chi connectivity index (χ0n) is 14.5. The first kappa shape index (κ1) is 18.2. The van der Waals surface area contributed by atoms with Crippen molar-refractivity contribution >= 4 is 5.78 Å². The van der Waals surface area contributed by atoms with Gasteiger partial charge >= 0.3 is 0 Å². The van der Waals surface area contributed by atoms with E-state index in [4.69, 9.17) is 14.2 Å². The summed E-state index contributed by atoms with van der Waals surface area (Å²) in [6, 6.07) is 13.0. The summed E-state index contributed by atoms with van der Waals surface area (Å²) in [7, 11) is 3.25. The Balaban J connectivity index is 2.47.